The van der Waals surface area contributed by atoms with Crippen molar-refractivity contribution in [1.82, 2.24) is 4.90 Å². The molecule has 192 valence electrons. The van der Waals surface area contributed by atoms with Gasteiger partial charge < -0.3 is 4.90 Å². The lowest BCUT2D eigenvalue weighted by atomic mass is 9.59. The maximum atomic E-state index is 4.84. The van der Waals surface area contributed by atoms with Gasteiger partial charge in [-0.2, -0.15) is 0 Å². The van der Waals surface area contributed by atoms with Crippen LogP contribution in [0.15, 0.2) is 102 Å². The first-order valence-electron chi connectivity index (χ1n) is 13.3. The molecule has 1 aromatic rings. The van der Waals surface area contributed by atoms with E-state index in [1.165, 1.54) is 16.7 Å². The van der Waals surface area contributed by atoms with Gasteiger partial charge >= 0.3 is 0 Å². The van der Waals surface area contributed by atoms with Crippen molar-refractivity contribution in [3.05, 3.63) is 108 Å². The third-order valence-electron chi connectivity index (χ3n) is 8.84. The molecular formula is C34H46N2. The van der Waals surface area contributed by atoms with Crippen molar-refractivity contribution in [1.29, 1.82) is 0 Å². The second-order valence-electron chi connectivity index (χ2n) is 11.9. The Morgan fingerprint density at radius 3 is 2.42 bits per heavy atom. The van der Waals surface area contributed by atoms with Gasteiger partial charge in [-0.05, 0) is 79.2 Å². The summed E-state index contributed by atoms with van der Waals surface area (Å²) < 4.78 is 0. The molecule has 0 saturated carbocycles. The molecule has 0 fully saturated rings. The highest BCUT2D eigenvalue weighted by Gasteiger charge is 2.41. The molecule has 2 atom stereocenters. The molecule has 2 aliphatic rings. The topological polar surface area (TPSA) is 15.6 Å². The van der Waals surface area contributed by atoms with Gasteiger partial charge in [-0.15, -0.1) is 0 Å². The second kappa shape index (κ2) is 10.6. The summed E-state index contributed by atoms with van der Waals surface area (Å²) in [5.41, 5.74) is 7.18. The van der Waals surface area contributed by atoms with Crippen LogP contribution in [0, 0.1) is 11.3 Å². The Balaban J connectivity index is 1.80. The van der Waals surface area contributed by atoms with Gasteiger partial charge in [0.15, 0.2) is 0 Å². The summed E-state index contributed by atoms with van der Waals surface area (Å²) in [5.74, 6) is 0.416. The maximum absolute atomic E-state index is 4.84. The lowest BCUT2D eigenvalue weighted by Crippen LogP contribution is -2.38. The molecule has 36 heavy (non-hydrogen) atoms. The summed E-state index contributed by atoms with van der Waals surface area (Å²) in [6.07, 6.45) is 19.9. The molecule has 0 aliphatic heterocycles. The van der Waals surface area contributed by atoms with Crippen LogP contribution in [0.5, 0.6) is 0 Å². The molecule has 2 nitrogen and oxygen atoms in total. The fourth-order valence-corrected chi connectivity index (χ4v) is 5.19. The highest BCUT2D eigenvalue weighted by atomic mass is 15.1. The number of hydrogen-bond acceptors (Lipinski definition) is 2. The van der Waals surface area contributed by atoms with Crippen LogP contribution in [-0.2, 0) is 10.8 Å². The smallest absolute Gasteiger partial charge is 0.0610 e. The fourth-order valence-electron chi connectivity index (χ4n) is 5.19. The fraction of sp³-hybridized carbons (Fsp3) is 0.441. The average Bonchev–Trinajstić information content (AvgIpc) is 2.85. The molecule has 0 amide bonds. The van der Waals surface area contributed by atoms with Crippen LogP contribution < -0.4 is 0 Å². The van der Waals surface area contributed by atoms with E-state index in [9.17, 15) is 0 Å². The monoisotopic (exact) mass is 482 g/mol. The number of nitrogens with zero attached hydrogens (tertiary/aromatic N) is 2. The lowest BCUT2D eigenvalue weighted by molar-refractivity contribution is 0.238. The Morgan fingerprint density at radius 1 is 1.14 bits per heavy atom. The average molecular weight is 483 g/mol. The van der Waals surface area contributed by atoms with Crippen molar-refractivity contribution in [2.24, 2.45) is 16.3 Å². The van der Waals surface area contributed by atoms with Gasteiger partial charge in [0.1, 0.15) is 0 Å². The number of benzene rings is 1. The van der Waals surface area contributed by atoms with Crippen LogP contribution in [0.25, 0.3) is 0 Å². The number of rotatable bonds is 8. The van der Waals surface area contributed by atoms with Crippen molar-refractivity contribution < 1.29 is 0 Å². The van der Waals surface area contributed by atoms with Crippen molar-refractivity contribution in [3.8, 4) is 0 Å². The molecule has 0 N–H and O–H groups in total. The molecule has 0 saturated heterocycles. The summed E-state index contributed by atoms with van der Waals surface area (Å²) in [5, 5.41) is 0. The molecule has 1 aromatic carbocycles. The van der Waals surface area contributed by atoms with Gasteiger partial charge in [0.2, 0.25) is 0 Å². The highest BCUT2D eigenvalue weighted by molar-refractivity contribution is 5.98. The molecule has 2 aliphatic carbocycles. The van der Waals surface area contributed by atoms with E-state index in [2.05, 4.69) is 109 Å². The summed E-state index contributed by atoms with van der Waals surface area (Å²) in [7, 11) is 2.00. The van der Waals surface area contributed by atoms with E-state index in [-0.39, 0.29) is 16.2 Å². The molecule has 0 heterocycles. The highest BCUT2D eigenvalue weighted by Crippen LogP contribution is 2.48. The minimum atomic E-state index is 0.0128. The predicted molar refractivity (Wildman–Crippen MR) is 158 cm³/mol. The molecule has 3 rings (SSSR count). The van der Waals surface area contributed by atoms with Gasteiger partial charge in [0, 0.05) is 7.05 Å². The quantitative estimate of drug-likeness (QED) is 0.337. The summed E-state index contributed by atoms with van der Waals surface area (Å²) in [6.45, 7) is 22.4. The van der Waals surface area contributed by atoms with Crippen molar-refractivity contribution >= 4 is 5.71 Å². The Labute approximate surface area is 220 Å². The molecule has 0 radical (unpaired) electrons. The van der Waals surface area contributed by atoms with Crippen molar-refractivity contribution in [2.45, 2.75) is 79.1 Å². The van der Waals surface area contributed by atoms with Crippen molar-refractivity contribution in [3.63, 3.8) is 0 Å². The predicted octanol–water partition coefficient (Wildman–Crippen LogP) is 9.05. The van der Waals surface area contributed by atoms with Gasteiger partial charge in [-0.1, -0.05) is 107 Å². The third kappa shape index (κ3) is 5.59. The zero-order valence-corrected chi connectivity index (χ0v) is 24.0. The van der Waals surface area contributed by atoms with E-state index < -0.39 is 0 Å². The largest absolute Gasteiger partial charge is 0.350 e. The minimum Gasteiger partial charge on any atom is -0.350 e. The SMILES string of the molecule is C=C(C(C)=NC1=CCC(C(C)(C)c2cccc(C(C)(C)C3(C)C=CC(C)=CC3)c2)C=C1)N(C)/C=C\C. The van der Waals surface area contributed by atoms with Crippen LogP contribution in [0.4, 0.5) is 0 Å². The lowest BCUT2D eigenvalue weighted by Gasteiger charge is -2.44. The standard InChI is InChI=1S/C34H46N2/c1-11-23-36(10)27(4)26(3)35-31-17-15-28(16-18-31)32(5,6)29-13-12-14-30(24-29)33(7,8)34(9)21-19-25(2)20-22-34/h11-15,17-21,23-24,28H,4,16,22H2,1-3,5-10H3/b23-11-,35-26?. The van der Waals surface area contributed by atoms with E-state index in [0.29, 0.717) is 5.92 Å². The van der Waals surface area contributed by atoms with Gasteiger partial charge in [-0.25, -0.2) is 0 Å². The van der Waals surface area contributed by atoms with Gasteiger partial charge in [0.25, 0.3) is 0 Å². The zero-order valence-electron chi connectivity index (χ0n) is 24.0. The molecule has 0 aromatic heterocycles. The molecule has 0 bridgehead atoms. The van der Waals surface area contributed by atoms with Crippen LogP contribution in [0.1, 0.15) is 79.4 Å². The van der Waals surface area contributed by atoms with Gasteiger partial charge in [-0.3, -0.25) is 4.99 Å². The minimum absolute atomic E-state index is 0.0128. The van der Waals surface area contributed by atoms with Crippen molar-refractivity contribution in [2.75, 3.05) is 7.05 Å². The number of hydrogen-bond donors (Lipinski definition) is 0. The van der Waals surface area contributed by atoms with Crippen LogP contribution in [0.2, 0.25) is 0 Å². The molecule has 2 heteroatoms. The number of allylic oxidation sites excluding steroid dienone is 9. The van der Waals surface area contributed by atoms with E-state index in [4.69, 9.17) is 4.99 Å². The first-order valence-corrected chi connectivity index (χ1v) is 13.3. The maximum Gasteiger partial charge on any atom is 0.0610 e. The summed E-state index contributed by atoms with van der Waals surface area (Å²) in [4.78, 5) is 6.85. The Hall–Kier alpha value is -2.87. The number of aliphatic imine (C=N–C) groups is 1. The van der Waals surface area contributed by atoms with E-state index in [1.807, 2.05) is 38.1 Å². The zero-order chi connectivity index (χ0) is 26.7. The van der Waals surface area contributed by atoms with E-state index in [1.54, 1.807) is 0 Å². The molecule has 0 spiro atoms. The van der Waals surface area contributed by atoms with E-state index >= 15 is 0 Å². The normalized spacial score (nSPS) is 23.0. The van der Waals surface area contributed by atoms with Crippen LogP contribution in [0.3, 0.4) is 0 Å². The Bertz CT molecular complexity index is 1170. The summed E-state index contributed by atoms with van der Waals surface area (Å²) in [6, 6.07) is 9.33. The second-order valence-corrected chi connectivity index (χ2v) is 11.9. The van der Waals surface area contributed by atoms with Crippen LogP contribution >= 0.6 is 0 Å². The summed E-state index contributed by atoms with van der Waals surface area (Å²) >= 11 is 0. The first kappa shape index (κ1) is 27.7. The Kier molecular flexibility index (Phi) is 8.18. The Morgan fingerprint density at radius 2 is 1.83 bits per heavy atom. The molecular weight excluding hydrogens is 436 g/mol. The van der Waals surface area contributed by atoms with Gasteiger partial charge in [0.05, 0.1) is 17.1 Å². The van der Waals surface area contributed by atoms with Crippen LogP contribution in [-0.4, -0.2) is 17.7 Å². The first-order chi connectivity index (χ1) is 16.8. The van der Waals surface area contributed by atoms with E-state index in [0.717, 1.165) is 29.9 Å². The third-order valence-corrected chi connectivity index (χ3v) is 8.84. The molecule has 2 unspecified atom stereocenters.